The van der Waals surface area contributed by atoms with Crippen LogP contribution in [0, 0.1) is 13.8 Å². The third kappa shape index (κ3) is 1.33. The number of hydrogen-bond acceptors (Lipinski definition) is 3. The average molecular weight is 173 g/mol. The fraction of sp³-hybridized carbons (Fsp3) is 0.200. The molecule has 0 radical (unpaired) electrons. The molecule has 13 heavy (non-hydrogen) atoms. The SMILES string of the molecule is Cc1cc(C)c2nc(N)ccc2n1. The van der Waals surface area contributed by atoms with Gasteiger partial charge in [0.2, 0.25) is 0 Å². The number of aryl methyl sites for hydroxylation is 2. The highest BCUT2D eigenvalue weighted by Gasteiger charge is 2.01. The first-order valence-electron chi connectivity index (χ1n) is 4.17. The van der Waals surface area contributed by atoms with E-state index >= 15 is 0 Å². The van der Waals surface area contributed by atoms with Crippen molar-refractivity contribution in [2.75, 3.05) is 5.73 Å². The molecule has 0 aliphatic carbocycles. The van der Waals surface area contributed by atoms with Crippen LogP contribution in [0.15, 0.2) is 18.2 Å². The average Bonchev–Trinajstić information content (AvgIpc) is 2.06. The first kappa shape index (κ1) is 7.98. The summed E-state index contributed by atoms with van der Waals surface area (Å²) in [5, 5.41) is 0. The van der Waals surface area contributed by atoms with Gasteiger partial charge in [-0.15, -0.1) is 0 Å². The Labute approximate surface area is 76.6 Å². The molecule has 0 aliphatic rings. The van der Waals surface area contributed by atoms with Crippen molar-refractivity contribution >= 4 is 16.9 Å². The largest absolute Gasteiger partial charge is 0.384 e. The van der Waals surface area contributed by atoms with Crippen molar-refractivity contribution in [3.63, 3.8) is 0 Å². The van der Waals surface area contributed by atoms with Gasteiger partial charge in [0.05, 0.1) is 11.0 Å². The molecule has 0 saturated carbocycles. The summed E-state index contributed by atoms with van der Waals surface area (Å²) in [6.45, 7) is 3.99. The van der Waals surface area contributed by atoms with Crippen molar-refractivity contribution in [1.82, 2.24) is 9.97 Å². The maximum absolute atomic E-state index is 5.59. The molecule has 0 aliphatic heterocycles. The molecule has 0 atom stereocenters. The number of fused-ring (bicyclic) bond motifs is 1. The molecule has 3 heteroatoms. The summed E-state index contributed by atoms with van der Waals surface area (Å²) in [5.41, 5.74) is 9.53. The molecule has 0 aromatic carbocycles. The molecule has 2 heterocycles. The number of nitrogens with zero attached hydrogens (tertiary/aromatic N) is 2. The fourth-order valence-corrected chi connectivity index (χ4v) is 1.45. The zero-order valence-electron chi connectivity index (χ0n) is 7.70. The Bertz CT molecular complexity index is 463. The van der Waals surface area contributed by atoms with Gasteiger partial charge < -0.3 is 5.73 Å². The molecule has 0 unspecified atom stereocenters. The van der Waals surface area contributed by atoms with E-state index in [2.05, 4.69) is 9.97 Å². The van der Waals surface area contributed by atoms with Crippen molar-refractivity contribution in [3.8, 4) is 0 Å². The van der Waals surface area contributed by atoms with Crippen molar-refractivity contribution in [3.05, 3.63) is 29.5 Å². The van der Waals surface area contributed by atoms with E-state index in [0.29, 0.717) is 5.82 Å². The van der Waals surface area contributed by atoms with Crippen LogP contribution >= 0.6 is 0 Å². The van der Waals surface area contributed by atoms with Gasteiger partial charge in [0, 0.05) is 5.69 Å². The smallest absolute Gasteiger partial charge is 0.124 e. The second-order valence-electron chi connectivity index (χ2n) is 3.18. The second kappa shape index (κ2) is 2.69. The lowest BCUT2D eigenvalue weighted by molar-refractivity contribution is 1.21. The minimum atomic E-state index is 0.543. The fourth-order valence-electron chi connectivity index (χ4n) is 1.45. The van der Waals surface area contributed by atoms with Crippen LogP contribution in [0.2, 0.25) is 0 Å². The molecule has 0 fully saturated rings. The summed E-state index contributed by atoms with van der Waals surface area (Å²) in [7, 11) is 0. The number of nitrogens with two attached hydrogens (primary N) is 1. The van der Waals surface area contributed by atoms with Crippen molar-refractivity contribution < 1.29 is 0 Å². The van der Waals surface area contributed by atoms with E-state index in [-0.39, 0.29) is 0 Å². The summed E-state index contributed by atoms with van der Waals surface area (Å²) < 4.78 is 0. The third-order valence-corrected chi connectivity index (χ3v) is 1.99. The van der Waals surface area contributed by atoms with Crippen LogP contribution in [0.4, 0.5) is 5.82 Å². The van der Waals surface area contributed by atoms with Gasteiger partial charge in [-0.1, -0.05) is 0 Å². The minimum absolute atomic E-state index is 0.543. The summed E-state index contributed by atoms with van der Waals surface area (Å²) in [4.78, 5) is 8.59. The molecule has 0 spiro atoms. The molecule has 3 nitrogen and oxygen atoms in total. The van der Waals surface area contributed by atoms with E-state index in [0.717, 1.165) is 22.3 Å². The molecule has 0 amide bonds. The topological polar surface area (TPSA) is 51.8 Å². The lowest BCUT2D eigenvalue weighted by Crippen LogP contribution is -1.94. The van der Waals surface area contributed by atoms with Gasteiger partial charge >= 0.3 is 0 Å². The molecule has 2 aromatic heterocycles. The maximum Gasteiger partial charge on any atom is 0.124 e. The van der Waals surface area contributed by atoms with E-state index in [1.54, 1.807) is 6.07 Å². The Hall–Kier alpha value is -1.64. The highest BCUT2D eigenvalue weighted by Crippen LogP contribution is 2.16. The van der Waals surface area contributed by atoms with Crippen LogP contribution in [0.3, 0.4) is 0 Å². The predicted molar refractivity (Wildman–Crippen MR) is 53.4 cm³/mol. The second-order valence-corrected chi connectivity index (χ2v) is 3.18. The number of hydrogen-bond donors (Lipinski definition) is 1. The van der Waals surface area contributed by atoms with Gasteiger partial charge in [-0.2, -0.15) is 0 Å². The molecular formula is C10H11N3. The van der Waals surface area contributed by atoms with Crippen LogP contribution in [-0.2, 0) is 0 Å². The molecule has 66 valence electrons. The number of pyridine rings is 2. The minimum Gasteiger partial charge on any atom is -0.384 e. The highest BCUT2D eigenvalue weighted by atomic mass is 14.9. The maximum atomic E-state index is 5.59. The van der Waals surface area contributed by atoms with Gasteiger partial charge in [0.15, 0.2) is 0 Å². The molecule has 2 rings (SSSR count). The zero-order valence-corrected chi connectivity index (χ0v) is 7.70. The Kier molecular flexibility index (Phi) is 1.65. The van der Waals surface area contributed by atoms with Gasteiger partial charge in [-0.3, -0.25) is 4.98 Å². The summed E-state index contributed by atoms with van der Waals surface area (Å²) in [6.07, 6.45) is 0. The summed E-state index contributed by atoms with van der Waals surface area (Å²) >= 11 is 0. The third-order valence-electron chi connectivity index (χ3n) is 1.99. The van der Waals surface area contributed by atoms with Crippen molar-refractivity contribution in [1.29, 1.82) is 0 Å². The molecular weight excluding hydrogens is 162 g/mol. The van der Waals surface area contributed by atoms with E-state index in [1.165, 1.54) is 0 Å². The van der Waals surface area contributed by atoms with Gasteiger partial charge in [0.25, 0.3) is 0 Å². The Morgan fingerprint density at radius 2 is 1.92 bits per heavy atom. The van der Waals surface area contributed by atoms with E-state index in [1.807, 2.05) is 26.0 Å². The molecule has 2 N–H and O–H groups in total. The van der Waals surface area contributed by atoms with E-state index in [9.17, 15) is 0 Å². The van der Waals surface area contributed by atoms with Crippen LogP contribution in [0.25, 0.3) is 11.0 Å². The summed E-state index contributed by atoms with van der Waals surface area (Å²) in [5.74, 6) is 0.543. The van der Waals surface area contributed by atoms with Crippen LogP contribution < -0.4 is 5.73 Å². The monoisotopic (exact) mass is 173 g/mol. The Morgan fingerprint density at radius 1 is 1.15 bits per heavy atom. The molecule has 0 bridgehead atoms. The standard InChI is InChI=1S/C10H11N3/c1-6-5-7(2)12-8-3-4-9(11)13-10(6)8/h3-5H,1-2H3,(H2,11,13). The summed E-state index contributed by atoms with van der Waals surface area (Å²) in [6, 6.07) is 5.68. The quantitative estimate of drug-likeness (QED) is 0.661. The van der Waals surface area contributed by atoms with Crippen molar-refractivity contribution in [2.45, 2.75) is 13.8 Å². The highest BCUT2D eigenvalue weighted by molar-refractivity contribution is 5.79. The Morgan fingerprint density at radius 3 is 2.69 bits per heavy atom. The van der Waals surface area contributed by atoms with Gasteiger partial charge in [-0.05, 0) is 37.6 Å². The van der Waals surface area contributed by atoms with Crippen molar-refractivity contribution in [2.24, 2.45) is 0 Å². The van der Waals surface area contributed by atoms with Gasteiger partial charge in [0.1, 0.15) is 5.82 Å². The van der Waals surface area contributed by atoms with E-state index < -0.39 is 0 Å². The molecule has 2 aromatic rings. The number of aromatic nitrogens is 2. The van der Waals surface area contributed by atoms with Gasteiger partial charge in [-0.25, -0.2) is 4.98 Å². The lowest BCUT2D eigenvalue weighted by Gasteiger charge is -2.02. The zero-order chi connectivity index (χ0) is 9.42. The Balaban J connectivity index is 2.87. The predicted octanol–water partition coefficient (Wildman–Crippen LogP) is 1.83. The number of nitrogen functional groups attached to an aromatic ring is 1. The van der Waals surface area contributed by atoms with Crippen LogP contribution in [0.5, 0.6) is 0 Å². The number of anilines is 1. The van der Waals surface area contributed by atoms with Crippen LogP contribution in [-0.4, -0.2) is 9.97 Å². The lowest BCUT2D eigenvalue weighted by atomic mass is 10.2. The molecule has 0 saturated heterocycles. The normalized spacial score (nSPS) is 10.6. The van der Waals surface area contributed by atoms with Crippen LogP contribution in [0.1, 0.15) is 11.3 Å². The first-order chi connectivity index (χ1) is 6.16. The number of rotatable bonds is 0. The van der Waals surface area contributed by atoms with E-state index in [4.69, 9.17) is 5.73 Å². The first-order valence-corrected chi connectivity index (χ1v) is 4.17.